The minimum Gasteiger partial charge on any atom is -0.343 e. The minimum absolute atomic E-state index is 0. The normalized spacial score (nSPS) is 7.02. The summed E-state index contributed by atoms with van der Waals surface area (Å²) in [7, 11) is 15.9. The Hall–Kier alpha value is 2.97. The van der Waals surface area contributed by atoms with E-state index in [1.807, 2.05) is 6.92 Å². The number of hydrogen-bond donors (Lipinski definition) is 0. The first-order valence-corrected chi connectivity index (χ1v) is 28.2. The summed E-state index contributed by atoms with van der Waals surface area (Å²) >= 11 is 24.9. The Morgan fingerprint density at radius 1 is 0.560 bits per heavy atom. The summed E-state index contributed by atoms with van der Waals surface area (Å²) in [6, 6.07) is 0. The minimum atomic E-state index is -2.91. The molecule has 0 unspecified atom stereocenters. The molecule has 0 N–H and O–H groups in total. The van der Waals surface area contributed by atoms with Crippen LogP contribution in [0.15, 0.2) is 48.4 Å². The van der Waals surface area contributed by atoms with Gasteiger partial charge in [0.05, 0.1) is 7.18 Å². The van der Waals surface area contributed by atoms with Gasteiger partial charge in [-0.05, 0) is 27.7 Å². The van der Waals surface area contributed by atoms with Gasteiger partial charge in [0, 0.05) is 156 Å². The molecule has 0 saturated heterocycles. The van der Waals surface area contributed by atoms with Crippen LogP contribution in [0.1, 0.15) is 74.7 Å². The van der Waals surface area contributed by atoms with Crippen molar-refractivity contribution in [3.8, 4) is 0 Å². The van der Waals surface area contributed by atoms with E-state index in [9.17, 15) is 43.9 Å². The Kier molecular flexibility index (Phi) is 187. The smallest absolute Gasteiger partial charge is 0.343 e. The van der Waals surface area contributed by atoms with Gasteiger partial charge >= 0.3 is 56.0 Å². The molecule has 0 radical (unpaired) electrons. The first-order valence-electron chi connectivity index (χ1n) is 10.9. The molecule has 0 saturated carbocycles. The Morgan fingerprint density at radius 3 is 0.760 bits per heavy atom. The fraction of sp³-hybridized carbons (Fsp3) is 0.545. The molecule has 0 aromatic heterocycles. The van der Waals surface area contributed by atoms with E-state index in [2.05, 4.69) is 101 Å². The molecule has 0 aromatic rings. The average Bonchev–Trinajstić information content (AvgIpc) is 3.04. The molecule has 0 aliphatic rings. The molecule has 50 heavy (non-hydrogen) atoms. The molecule has 0 heterocycles. The third-order valence-corrected chi connectivity index (χ3v) is 19.6. The van der Waals surface area contributed by atoms with Crippen LogP contribution in [0, 0.1) is 13.8 Å². The first kappa shape index (κ1) is 89.6. The van der Waals surface area contributed by atoms with Gasteiger partial charge in [-0.2, -0.15) is 39.2 Å². The second kappa shape index (κ2) is 104. The van der Waals surface area contributed by atoms with Crippen LogP contribution in [0.3, 0.4) is 0 Å². The first-order chi connectivity index (χ1) is 22.0. The zero-order chi connectivity index (χ0) is 40.1. The van der Waals surface area contributed by atoms with Crippen LogP contribution in [-0.2, 0) is 156 Å². The van der Waals surface area contributed by atoms with Crippen molar-refractivity contribution >= 4 is 156 Å². The Bertz CT molecular complexity index is 1040. The Morgan fingerprint density at radius 2 is 0.700 bits per heavy atom. The number of rotatable bonds is 2. The molecule has 0 aliphatic heterocycles. The molecule has 0 aromatic carbocycles. The number of alkyl halides is 1. The van der Waals surface area contributed by atoms with Gasteiger partial charge in [-0.25, -0.2) is 13.2 Å². The maximum absolute atomic E-state index is 11.3. The van der Waals surface area contributed by atoms with E-state index in [-0.39, 0.29) is 45.1 Å². The molecular weight excluding hydrogens is 981 g/mol. The predicted octanol–water partition coefficient (Wildman–Crippen LogP) is 5.88. The van der Waals surface area contributed by atoms with Crippen LogP contribution in [0.4, 0.5) is 43.9 Å². The van der Waals surface area contributed by atoms with E-state index in [4.69, 9.17) is 0 Å². The van der Waals surface area contributed by atoms with Crippen molar-refractivity contribution in [1.82, 2.24) is 0 Å². The number of halogens is 10. The summed E-state index contributed by atoms with van der Waals surface area (Å²) in [5, 5.41) is 0. The maximum atomic E-state index is 11.3. The molecule has 0 spiro atoms. The van der Waals surface area contributed by atoms with Crippen LogP contribution in [0.25, 0.3) is 0 Å². The molecule has 0 amide bonds. The Balaban J connectivity index is -0.0000000287. The largest absolute Gasteiger partial charge is 1.00 e. The van der Waals surface area contributed by atoms with Crippen LogP contribution in [-0.4, -0.2) is 7.18 Å². The molecule has 296 valence electrons. The van der Waals surface area contributed by atoms with E-state index in [1.54, 1.807) is 68.2 Å². The molecular formula is C22H40F10Li2S16. The average molecular weight is 1020 g/mol. The molecule has 28 heteroatoms. The topological polar surface area (TPSA) is 0 Å². The predicted molar refractivity (Wildman–Crippen MR) is 236 cm³/mol. The number of unbranched alkanes of at least 4 members (excludes halogenated alkanes) is 2. The molecule has 0 rings (SSSR count). The quantitative estimate of drug-likeness (QED) is 0.146. The summed E-state index contributed by atoms with van der Waals surface area (Å²) in [5.74, 6) is -2.89. The van der Waals surface area contributed by atoms with E-state index >= 15 is 0 Å². The second-order valence-corrected chi connectivity index (χ2v) is 22.9. The van der Waals surface area contributed by atoms with Crippen molar-refractivity contribution in [3.05, 3.63) is 62.2 Å². The van der Waals surface area contributed by atoms with E-state index in [0.29, 0.717) is 14.1 Å². The summed E-state index contributed by atoms with van der Waals surface area (Å²) in [6.07, 6.45) is -1.75. The summed E-state index contributed by atoms with van der Waals surface area (Å²) in [5.41, 5.74) is 0. The van der Waals surface area contributed by atoms with Crippen molar-refractivity contribution in [2.75, 3.05) is 7.18 Å². The third kappa shape index (κ3) is 204. The van der Waals surface area contributed by atoms with Gasteiger partial charge in [0.1, 0.15) is 11.7 Å². The van der Waals surface area contributed by atoms with Gasteiger partial charge in [-0.1, -0.05) is 40.2 Å². The van der Waals surface area contributed by atoms with Crippen molar-refractivity contribution in [2.45, 2.75) is 74.7 Å². The van der Waals surface area contributed by atoms with Gasteiger partial charge in [0.2, 0.25) is 0 Å². The monoisotopic (exact) mass is 1020 g/mol. The fourth-order valence-corrected chi connectivity index (χ4v) is 19.3. The third-order valence-electron chi connectivity index (χ3n) is 1.81. The van der Waals surface area contributed by atoms with Gasteiger partial charge in [-0.3, -0.25) is 4.39 Å². The summed E-state index contributed by atoms with van der Waals surface area (Å²) < 4.78 is 106. The summed E-state index contributed by atoms with van der Waals surface area (Å²) in [4.78, 5) is 0. The van der Waals surface area contributed by atoms with E-state index in [1.165, 1.54) is 30.6 Å². The summed E-state index contributed by atoms with van der Waals surface area (Å²) in [6.45, 7) is 19.6. The number of allylic oxidation sites excluding steroid dienone is 4. The second-order valence-electron chi connectivity index (χ2n) is 5.18. The van der Waals surface area contributed by atoms with Crippen LogP contribution in [0.2, 0.25) is 0 Å². The number of hydrogen-bond acceptors (Lipinski definition) is 6. The van der Waals surface area contributed by atoms with E-state index < -0.39 is 35.7 Å². The molecule has 0 fully saturated rings. The molecule has 0 bridgehead atoms. The van der Waals surface area contributed by atoms with Crippen molar-refractivity contribution in [1.29, 1.82) is 0 Å². The van der Waals surface area contributed by atoms with Crippen LogP contribution < -0.4 is 37.7 Å². The van der Waals surface area contributed by atoms with Gasteiger partial charge < -0.3 is 13.8 Å². The fourth-order valence-electron chi connectivity index (χ4n) is 0.0794. The molecule has 0 aliphatic carbocycles. The van der Waals surface area contributed by atoms with Crippen molar-refractivity contribution in [3.63, 3.8) is 0 Å². The van der Waals surface area contributed by atoms with Gasteiger partial charge in [-0.15, -0.1) is 6.58 Å². The van der Waals surface area contributed by atoms with Crippen LogP contribution >= 0.6 is 0 Å². The van der Waals surface area contributed by atoms with Gasteiger partial charge in [0.15, 0.2) is 5.83 Å². The zero-order valence-electron chi connectivity index (χ0n) is 27.8. The van der Waals surface area contributed by atoms with Gasteiger partial charge in [0.25, 0.3) is 0 Å². The molecule has 0 nitrogen and oxygen atoms in total. The van der Waals surface area contributed by atoms with E-state index in [0.717, 1.165) is 35.6 Å². The van der Waals surface area contributed by atoms with Crippen molar-refractivity contribution < 1.29 is 81.6 Å². The zero-order valence-corrected chi connectivity index (χ0v) is 40.9. The SMILES string of the molecule is C.C/C(F)=C(/C)F.C=CC.CC(F)=C(F)F.CF.FC(F)=C(F)F.S=S.S=S=S.S=S=S=S=S=S=S=S=S=S=S.[CH2-]CCC.[CH2-]CCC.[Li+].[Li+]. The van der Waals surface area contributed by atoms with Crippen molar-refractivity contribution in [2.24, 2.45) is 0 Å². The standard InChI is InChI=1S/C4H6F2.2C4H9.C3H3F3.C3H6.C2F4.CH3F.CH4.2Li.S11.S3.S2/c1-3(5)4(2)6;2*1-3-4-2;1-2(4)3(5)6;1-3-2;3-1(4)2(5)6;1-2;;;;1-3-5-7-9-11-10-8-6-4-2;1-3-2;1-2/h1-2H3;2*1,3-4H2,2H3;1H3;3H,1H2,2H3;;1H3;1H4;;;;;/q;2*-1;;;;;;2*+1;;;/b4-3+;;;;;;;;;;;;. The Labute approximate surface area is 376 Å². The van der Waals surface area contributed by atoms with Crippen LogP contribution in [0.5, 0.6) is 0 Å². The molecule has 0 atom stereocenters. The maximum Gasteiger partial charge on any atom is 1.00 e.